The van der Waals surface area contributed by atoms with Gasteiger partial charge in [0.25, 0.3) is 5.91 Å². The van der Waals surface area contributed by atoms with Crippen molar-refractivity contribution in [3.05, 3.63) is 58.5 Å². The Labute approximate surface area is 159 Å². The Kier molecular flexibility index (Phi) is 5.10. The standard InChI is InChI=1S/C22H26FN3O/c1-26-12-11-19-16(13-15-7-9-17(23)10-8-15)14-20(25-21(19)26)22(27)24-18-5-3-2-4-6-18/h7-10,14,18H,2-6,11-13H2,1H3,(H,24,27). The van der Waals surface area contributed by atoms with Crippen molar-refractivity contribution in [2.45, 2.75) is 51.0 Å². The monoisotopic (exact) mass is 367 g/mol. The smallest absolute Gasteiger partial charge is 0.270 e. The van der Waals surface area contributed by atoms with Crippen LogP contribution in [0.2, 0.25) is 0 Å². The zero-order chi connectivity index (χ0) is 18.8. The van der Waals surface area contributed by atoms with Gasteiger partial charge in [0.1, 0.15) is 17.3 Å². The van der Waals surface area contributed by atoms with Crippen LogP contribution in [0.1, 0.15) is 59.3 Å². The normalized spacial score (nSPS) is 17.0. The van der Waals surface area contributed by atoms with Crippen molar-refractivity contribution >= 4 is 11.7 Å². The van der Waals surface area contributed by atoms with Gasteiger partial charge in [-0.15, -0.1) is 0 Å². The molecule has 2 aliphatic rings. The molecule has 1 aliphatic carbocycles. The van der Waals surface area contributed by atoms with Crippen LogP contribution in [0.5, 0.6) is 0 Å². The molecule has 142 valence electrons. The number of rotatable bonds is 4. The molecule has 1 saturated carbocycles. The number of carbonyl (C=O) groups is 1. The summed E-state index contributed by atoms with van der Waals surface area (Å²) in [6.45, 7) is 0.909. The minimum absolute atomic E-state index is 0.0784. The van der Waals surface area contributed by atoms with Gasteiger partial charge in [0.15, 0.2) is 0 Å². The number of anilines is 1. The zero-order valence-corrected chi connectivity index (χ0v) is 15.8. The van der Waals surface area contributed by atoms with Gasteiger partial charge >= 0.3 is 0 Å². The molecule has 1 aromatic heterocycles. The van der Waals surface area contributed by atoms with Gasteiger partial charge < -0.3 is 10.2 Å². The molecule has 1 aromatic carbocycles. The van der Waals surface area contributed by atoms with Crippen LogP contribution in [0.3, 0.4) is 0 Å². The van der Waals surface area contributed by atoms with Gasteiger partial charge in [-0.05, 0) is 55.0 Å². The Bertz CT molecular complexity index is 828. The van der Waals surface area contributed by atoms with Crippen molar-refractivity contribution < 1.29 is 9.18 Å². The molecule has 0 saturated heterocycles. The van der Waals surface area contributed by atoms with Crippen LogP contribution >= 0.6 is 0 Å². The van der Waals surface area contributed by atoms with Crippen molar-refractivity contribution in [2.24, 2.45) is 0 Å². The molecule has 0 unspecified atom stereocenters. The molecular weight excluding hydrogens is 341 g/mol. The third kappa shape index (κ3) is 3.97. The summed E-state index contributed by atoms with van der Waals surface area (Å²) in [6.07, 6.45) is 7.35. The molecular formula is C22H26FN3O. The number of carbonyl (C=O) groups excluding carboxylic acids is 1. The number of likely N-dealkylation sites (N-methyl/N-ethyl adjacent to an activating group) is 1. The van der Waals surface area contributed by atoms with Gasteiger partial charge in [0.05, 0.1) is 0 Å². The van der Waals surface area contributed by atoms with Crippen LogP contribution in [-0.4, -0.2) is 30.5 Å². The Morgan fingerprint density at radius 3 is 2.70 bits per heavy atom. The van der Waals surface area contributed by atoms with Crippen LogP contribution in [-0.2, 0) is 12.8 Å². The highest BCUT2D eigenvalue weighted by atomic mass is 19.1. The first kappa shape index (κ1) is 18.0. The van der Waals surface area contributed by atoms with Gasteiger partial charge in [-0.3, -0.25) is 4.79 Å². The lowest BCUT2D eigenvalue weighted by molar-refractivity contribution is 0.0922. The molecule has 1 aliphatic heterocycles. The van der Waals surface area contributed by atoms with E-state index in [1.165, 1.54) is 37.0 Å². The summed E-state index contributed by atoms with van der Waals surface area (Å²) in [5.41, 5.74) is 3.85. The van der Waals surface area contributed by atoms with E-state index in [9.17, 15) is 9.18 Å². The third-order valence-electron chi connectivity index (χ3n) is 5.73. The fraction of sp³-hybridized carbons (Fsp3) is 0.455. The van der Waals surface area contributed by atoms with E-state index in [0.717, 1.165) is 42.8 Å². The minimum Gasteiger partial charge on any atom is -0.359 e. The topological polar surface area (TPSA) is 45.2 Å². The lowest BCUT2D eigenvalue weighted by atomic mass is 9.95. The molecule has 2 aromatic rings. The highest BCUT2D eigenvalue weighted by molar-refractivity contribution is 5.93. The number of benzene rings is 1. The number of hydrogen-bond donors (Lipinski definition) is 1. The first-order valence-electron chi connectivity index (χ1n) is 9.89. The highest BCUT2D eigenvalue weighted by Crippen LogP contribution is 2.30. The lowest BCUT2D eigenvalue weighted by Crippen LogP contribution is -2.36. The summed E-state index contributed by atoms with van der Waals surface area (Å²) in [6, 6.07) is 8.78. The van der Waals surface area contributed by atoms with Gasteiger partial charge in [-0.25, -0.2) is 9.37 Å². The summed E-state index contributed by atoms with van der Waals surface area (Å²) < 4.78 is 13.2. The summed E-state index contributed by atoms with van der Waals surface area (Å²) in [7, 11) is 2.02. The van der Waals surface area contributed by atoms with Crippen molar-refractivity contribution in [3.63, 3.8) is 0 Å². The Hall–Kier alpha value is -2.43. The molecule has 5 heteroatoms. The van der Waals surface area contributed by atoms with Gasteiger partial charge in [-0.1, -0.05) is 31.4 Å². The maximum Gasteiger partial charge on any atom is 0.270 e. The number of nitrogens with one attached hydrogen (secondary N) is 1. The number of pyridine rings is 1. The summed E-state index contributed by atoms with van der Waals surface area (Å²) >= 11 is 0. The fourth-order valence-electron chi connectivity index (χ4n) is 4.19. The molecule has 0 radical (unpaired) electrons. The second kappa shape index (κ2) is 7.67. The fourth-order valence-corrected chi connectivity index (χ4v) is 4.19. The maximum atomic E-state index is 13.2. The Morgan fingerprint density at radius 1 is 1.22 bits per heavy atom. The van der Waals surface area contributed by atoms with Crippen LogP contribution in [0, 0.1) is 5.82 Å². The largest absolute Gasteiger partial charge is 0.359 e. The van der Waals surface area contributed by atoms with E-state index < -0.39 is 0 Å². The molecule has 1 N–H and O–H groups in total. The zero-order valence-electron chi connectivity index (χ0n) is 15.8. The molecule has 4 rings (SSSR count). The van der Waals surface area contributed by atoms with E-state index in [-0.39, 0.29) is 17.8 Å². The second-order valence-electron chi connectivity index (χ2n) is 7.75. The molecule has 0 spiro atoms. The van der Waals surface area contributed by atoms with Gasteiger partial charge in [0.2, 0.25) is 0 Å². The van der Waals surface area contributed by atoms with Crippen LogP contribution < -0.4 is 10.2 Å². The van der Waals surface area contributed by atoms with Crippen LogP contribution in [0.25, 0.3) is 0 Å². The van der Waals surface area contributed by atoms with E-state index in [1.54, 1.807) is 0 Å². The number of halogens is 1. The second-order valence-corrected chi connectivity index (χ2v) is 7.75. The van der Waals surface area contributed by atoms with E-state index in [0.29, 0.717) is 12.1 Å². The average Bonchev–Trinajstić information content (AvgIpc) is 3.06. The van der Waals surface area contributed by atoms with Crippen LogP contribution in [0.4, 0.5) is 10.2 Å². The molecule has 27 heavy (non-hydrogen) atoms. The van der Waals surface area contributed by atoms with Gasteiger partial charge in [-0.2, -0.15) is 0 Å². The van der Waals surface area contributed by atoms with E-state index in [4.69, 9.17) is 0 Å². The highest BCUT2D eigenvalue weighted by Gasteiger charge is 2.25. The molecule has 4 nitrogen and oxygen atoms in total. The first-order valence-corrected chi connectivity index (χ1v) is 9.89. The van der Waals surface area contributed by atoms with Crippen molar-refractivity contribution in [2.75, 3.05) is 18.5 Å². The number of fused-ring (bicyclic) bond motifs is 1. The third-order valence-corrected chi connectivity index (χ3v) is 5.73. The summed E-state index contributed by atoms with van der Waals surface area (Å²) in [5, 5.41) is 3.17. The SMILES string of the molecule is CN1CCc2c(Cc3ccc(F)cc3)cc(C(=O)NC3CCCCC3)nc21. The predicted octanol–water partition coefficient (Wildman–Crippen LogP) is 3.87. The van der Waals surface area contributed by atoms with Gasteiger partial charge in [0, 0.05) is 25.2 Å². The summed E-state index contributed by atoms with van der Waals surface area (Å²) in [4.78, 5) is 19.6. The van der Waals surface area contributed by atoms with E-state index in [2.05, 4.69) is 15.2 Å². The predicted molar refractivity (Wildman–Crippen MR) is 105 cm³/mol. The van der Waals surface area contributed by atoms with Crippen molar-refractivity contribution in [1.29, 1.82) is 0 Å². The summed E-state index contributed by atoms with van der Waals surface area (Å²) in [5.74, 6) is 0.597. The quantitative estimate of drug-likeness (QED) is 0.892. The number of nitrogens with zero attached hydrogens (tertiary/aromatic N) is 2. The lowest BCUT2D eigenvalue weighted by Gasteiger charge is -2.23. The van der Waals surface area contributed by atoms with Crippen LogP contribution in [0.15, 0.2) is 30.3 Å². The minimum atomic E-state index is -0.231. The number of aromatic nitrogens is 1. The Morgan fingerprint density at radius 2 is 1.96 bits per heavy atom. The Balaban J connectivity index is 1.61. The van der Waals surface area contributed by atoms with Crippen molar-refractivity contribution in [1.82, 2.24) is 10.3 Å². The molecule has 2 heterocycles. The molecule has 0 bridgehead atoms. The molecule has 1 amide bonds. The first-order chi connectivity index (χ1) is 13.1. The number of amides is 1. The van der Waals surface area contributed by atoms with E-state index >= 15 is 0 Å². The average molecular weight is 367 g/mol. The maximum absolute atomic E-state index is 13.2. The number of hydrogen-bond acceptors (Lipinski definition) is 3. The molecule has 1 fully saturated rings. The van der Waals surface area contributed by atoms with Crippen molar-refractivity contribution in [3.8, 4) is 0 Å². The van der Waals surface area contributed by atoms with E-state index in [1.807, 2.05) is 25.2 Å². The molecule has 0 atom stereocenters.